The Balaban J connectivity index is 1.48. The van der Waals surface area contributed by atoms with Gasteiger partial charge in [-0.15, -0.1) is 0 Å². The van der Waals surface area contributed by atoms with Crippen LogP contribution in [0.2, 0.25) is 0 Å². The predicted octanol–water partition coefficient (Wildman–Crippen LogP) is 3.37. The van der Waals surface area contributed by atoms with Crippen molar-refractivity contribution < 1.29 is 9.13 Å². The van der Waals surface area contributed by atoms with Crippen LogP contribution in [0, 0.1) is 12.7 Å². The molecule has 1 aromatic heterocycles. The Morgan fingerprint density at radius 2 is 1.77 bits per heavy atom. The summed E-state index contributed by atoms with van der Waals surface area (Å²) in [6.45, 7) is 3.87. The summed E-state index contributed by atoms with van der Waals surface area (Å²) in [5.41, 5.74) is 1.69. The van der Waals surface area contributed by atoms with Gasteiger partial charge >= 0.3 is 5.69 Å². The fourth-order valence-electron chi connectivity index (χ4n) is 4.83. The number of rotatable bonds is 3. The van der Waals surface area contributed by atoms with Crippen LogP contribution >= 0.6 is 0 Å². The summed E-state index contributed by atoms with van der Waals surface area (Å²) >= 11 is 0. The van der Waals surface area contributed by atoms with E-state index in [0.717, 1.165) is 44.3 Å². The zero-order valence-electron chi connectivity index (χ0n) is 15.6. The number of H-pyrrole nitrogens is 1. The van der Waals surface area contributed by atoms with Gasteiger partial charge < -0.3 is 14.6 Å². The van der Waals surface area contributed by atoms with Crippen molar-refractivity contribution in [1.82, 2.24) is 14.5 Å². The van der Waals surface area contributed by atoms with Gasteiger partial charge in [0.2, 0.25) is 0 Å². The maximum absolute atomic E-state index is 14.2. The minimum Gasteiger partial charge on any atom is -0.381 e. The molecule has 26 heavy (non-hydrogen) atoms. The van der Waals surface area contributed by atoms with Gasteiger partial charge in [0.1, 0.15) is 11.3 Å². The molecule has 5 nitrogen and oxygen atoms in total. The van der Waals surface area contributed by atoms with Gasteiger partial charge in [-0.25, -0.2) is 9.18 Å². The number of imidazole rings is 1. The second-order valence-electron chi connectivity index (χ2n) is 7.87. The largest absolute Gasteiger partial charge is 0.381 e. The van der Waals surface area contributed by atoms with Crippen LogP contribution in [-0.2, 0) is 4.74 Å². The molecule has 0 unspecified atom stereocenters. The van der Waals surface area contributed by atoms with Crippen LogP contribution in [0.25, 0.3) is 11.0 Å². The zero-order chi connectivity index (χ0) is 18.3. The second-order valence-corrected chi connectivity index (χ2v) is 7.87. The SMILES string of the molecule is COC1CCC(N2CCC(n3c(=O)[nH]c4c(F)cc(C)cc43)CC2)CC1. The van der Waals surface area contributed by atoms with Gasteiger partial charge in [-0.05, 0) is 63.1 Å². The van der Waals surface area contributed by atoms with Crippen molar-refractivity contribution in [2.75, 3.05) is 20.2 Å². The second kappa shape index (κ2) is 7.16. The van der Waals surface area contributed by atoms with Crippen molar-refractivity contribution in [1.29, 1.82) is 0 Å². The van der Waals surface area contributed by atoms with Crippen LogP contribution in [0.15, 0.2) is 16.9 Å². The first kappa shape index (κ1) is 17.7. The van der Waals surface area contributed by atoms with E-state index in [-0.39, 0.29) is 17.5 Å². The molecule has 6 heteroatoms. The maximum Gasteiger partial charge on any atom is 0.326 e. The number of aromatic nitrogens is 2. The Kier molecular flexibility index (Phi) is 4.88. The van der Waals surface area contributed by atoms with Crippen molar-refractivity contribution in [2.45, 2.75) is 63.6 Å². The normalized spacial score (nSPS) is 25.8. The van der Waals surface area contributed by atoms with E-state index in [1.165, 1.54) is 18.9 Å². The molecule has 4 rings (SSSR count). The average molecular weight is 361 g/mol. The third kappa shape index (κ3) is 3.21. The summed E-state index contributed by atoms with van der Waals surface area (Å²) in [6.07, 6.45) is 6.97. The molecule has 0 bridgehead atoms. The van der Waals surface area contributed by atoms with Crippen molar-refractivity contribution in [2.24, 2.45) is 0 Å². The van der Waals surface area contributed by atoms with Gasteiger partial charge in [0.15, 0.2) is 0 Å². The first-order valence-corrected chi connectivity index (χ1v) is 9.74. The summed E-state index contributed by atoms with van der Waals surface area (Å²) in [5.74, 6) is -0.344. The highest BCUT2D eigenvalue weighted by molar-refractivity contribution is 5.77. The topological polar surface area (TPSA) is 50.3 Å². The van der Waals surface area contributed by atoms with Crippen molar-refractivity contribution in [3.63, 3.8) is 0 Å². The van der Waals surface area contributed by atoms with Gasteiger partial charge in [0.25, 0.3) is 0 Å². The van der Waals surface area contributed by atoms with Gasteiger partial charge in [-0.2, -0.15) is 0 Å². The molecular weight excluding hydrogens is 333 g/mol. The number of methoxy groups -OCH3 is 1. The summed E-state index contributed by atoms with van der Waals surface area (Å²) in [7, 11) is 1.81. The number of aryl methyl sites for hydroxylation is 1. The fraction of sp³-hybridized carbons (Fsp3) is 0.650. The molecule has 142 valence electrons. The number of likely N-dealkylation sites (tertiary alicyclic amines) is 1. The first-order chi connectivity index (χ1) is 12.6. The Morgan fingerprint density at radius 3 is 2.42 bits per heavy atom. The Hall–Kier alpha value is -1.66. The average Bonchev–Trinajstić information content (AvgIpc) is 2.98. The van der Waals surface area contributed by atoms with Crippen LogP contribution in [0.1, 0.15) is 50.1 Å². The number of hydrogen-bond donors (Lipinski definition) is 1. The number of piperidine rings is 1. The Bertz CT molecular complexity index is 827. The molecule has 2 aromatic rings. The molecule has 0 radical (unpaired) electrons. The molecular formula is C20H28FN3O2. The number of hydrogen-bond acceptors (Lipinski definition) is 3. The van der Waals surface area contributed by atoms with Crippen molar-refractivity contribution in [3.05, 3.63) is 34.0 Å². The Morgan fingerprint density at radius 1 is 1.08 bits per heavy atom. The quantitative estimate of drug-likeness (QED) is 0.912. The van der Waals surface area contributed by atoms with E-state index in [0.29, 0.717) is 23.2 Å². The molecule has 1 N–H and O–H groups in total. The number of ether oxygens (including phenoxy) is 1. The van der Waals surface area contributed by atoms with E-state index >= 15 is 0 Å². The summed E-state index contributed by atoms with van der Waals surface area (Å²) in [5, 5.41) is 0. The lowest BCUT2D eigenvalue weighted by Gasteiger charge is -2.40. The van der Waals surface area contributed by atoms with Gasteiger partial charge in [-0.1, -0.05) is 0 Å². The highest BCUT2D eigenvalue weighted by atomic mass is 19.1. The molecule has 1 aliphatic carbocycles. The van der Waals surface area contributed by atoms with Crippen LogP contribution in [0.4, 0.5) is 4.39 Å². The zero-order valence-corrected chi connectivity index (χ0v) is 15.6. The van der Waals surface area contributed by atoms with Crippen molar-refractivity contribution >= 4 is 11.0 Å². The minimum absolute atomic E-state index is 0.143. The number of aromatic amines is 1. The summed E-state index contributed by atoms with van der Waals surface area (Å²) < 4.78 is 21.4. The minimum atomic E-state index is -0.344. The smallest absolute Gasteiger partial charge is 0.326 e. The molecule has 2 aliphatic rings. The third-order valence-electron chi connectivity index (χ3n) is 6.28. The van der Waals surface area contributed by atoms with Gasteiger partial charge in [-0.3, -0.25) is 4.57 Å². The predicted molar refractivity (Wildman–Crippen MR) is 100 cm³/mol. The number of nitrogens with zero attached hydrogens (tertiary/aromatic N) is 2. The number of nitrogens with one attached hydrogen (secondary N) is 1. The van der Waals surface area contributed by atoms with E-state index in [1.54, 1.807) is 11.7 Å². The lowest BCUT2D eigenvalue weighted by molar-refractivity contribution is 0.0296. The van der Waals surface area contributed by atoms with Crippen LogP contribution in [-0.4, -0.2) is 46.8 Å². The van der Waals surface area contributed by atoms with Crippen LogP contribution in [0.3, 0.4) is 0 Å². The number of benzene rings is 1. The lowest BCUT2D eigenvalue weighted by atomic mass is 9.90. The maximum atomic E-state index is 14.2. The first-order valence-electron chi connectivity index (χ1n) is 9.74. The molecule has 1 aliphatic heterocycles. The molecule has 2 fully saturated rings. The molecule has 1 aromatic carbocycles. The van der Waals surface area contributed by atoms with Gasteiger partial charge in [0.05, 0.1) is 11.6 Å². The highest BCUT2D eigenvalue weighted by Crippen LogP contribution is 2.31. The summed E-state index contributed by atoms with van der Waals surface area (Å²) in [4.78, 5) is 17.8. The van der Waals surface area contributed by atoms with E-state index in [4.69, 9.17) is 4.74 Å². The highest BCUT2D eigenvalue weighted by Gasteiger charge is 2.30. The molecule has 2 heterocycles. The molecule has 0 atom stereocenters. The van der Waals surface area contributed by atoms with E-state index < -0.39 is 0 Å². The Labute approximate surface area is 153 Å². The molecule has 0 spiro atoms. The molecule has 1 saturated heterocycles. The van der Waals surface area contributed by atoms with E-state index in [1.807, 2.05) is 13.0 Å². The number of halogens is 1. The monoisotopic (exact) mass is 361 g/mol. The van der Waals surface area contributed by atoms with Crippen LogP contribution < -0.4 is 5.69 Å². The van der Waals surface area contributed by atoms with Gasteiger partial charge in [0, 0.05) is 32.3 Å². The van der Waals surface area contributed by atoms with E-state index in [9.17, 15) is 9.18 Å². The number of fused-ring (bicyclic) bond motifs is 1. The third-order valence-corrected chi connectivity index (χ3v) is 6.28. The van der Waals surface area contributed by atoms with E-state index in [2.05, 4.69) is 9.88 Å². The van der Waals surface area contributed by atoms with Crippen molar-refractivity contribution in [3.8, 4) is 0 Å². The van der Waals surface area contributed by atoms with Crippen LogP contribution in [0.5, 0.6) is 0 Å². The lowest BCUT2D eigenvalue weighted by Crippen LogP contribution is -2.45. The molecule has 1 saturated carbocycles. The fourth-order valence-corrected chi connectivity index (χ4v) is 4.83. The standard InChI is InChI=1S/C20H28FN3O2/c1-13-11-17(21)19-18(12-13)24(20(25)22-19)15-7-9-23(10-8-15)14-3-5-16(26-2)6-4-14/h11-12,14-16H,3-10H2,1-2H3,(H,22,25). The molecule has 0 amide bonds. The summed E-state index contributed by atoms with van der Waals surface area (Å²) in [6, 6.07) is 4.17.